The Morgan fingerprint density at radius 2 is 1.83 bits per heavy atom. The minimum Gasteiger partial charge on any atom is -0.394 e. The van der Waals surface area contributed by atoms with Gasteiger partial charge in [-0.05, 0) is 48.5 Å². The molecule has 10 heteroatoms. The number of methoxy groups -OCH3 is 1. The maximum Gasteiger partial charge on any atom is 0.178 e. The van der Waals surface area contributed by atoms with Gasteiger partial charge in [0, 0.05) is 32.3 Å². The van der Waals surface area contributed by atoms with Crippen LogP contribution in [0.25, 0.3) is 0 Å². The fourth-order valence-corrected chi connectivity index (χ4v) is 8.57. The molecule has 46 heavy (non-hydrogen) atoms. The normalized spacial score (nSPS) is 32.7. The highest BCUT2D eigenvalue weighted by Gasteiger charge is 2.49. The number of aliphatic hydroxyl groups excluding tert-OH is 2. The van der Waals surface area contributed by atoms with Crippen LogP contribution < -0.4 is 0 Å². The van der Waals surface area contributed by atoms with E-state index < -0.39 is 46.8 Å². The van der Waals surface area contributed by atoms with E-state index in [0.717, 1.165) is 36.8 Å². The maximum absolute atomic E-state index is 13.5. The smallest absolute Gasteiger partial charge is 0.178 e. The van der Waals surface area contributed by atoms with Crippen molar-refractivity contribution in [2.45, 2.75) is 99.2 Å². The summed E-state index contributed by atoms with van der Waals surface area (Å²) in [6.45, 7) is 15.0. The summed E-state index contributed by atoms with van der Waals surface area (Å²) in [4.78, 5) is 0.240. The second kappa shape index (κ2) is 17.3. The highest BCUT2D eigenvalue weighted by atomic mass is 32.2. The first kappa shape index (κ1) is 36.7. The lowest BCUT2D eigenvalue weighted by Gasteiger charge is -2.38. The fraction of sp³-hybridized carbons (Fsp3) is 0.611. The molecular weight excluding hydrogens is 608 g/mol. The van der Waals surface area contributed by atoms with Gasteiger partial charge in [0.25, 0.3) is 0 Å². The van der Waals surface area contributed by atoms with E-state index in [1.807, 2.05) is 12.2 Å². The molecule has 7 unspecified atom stereocenters. The van der Waals surface area contributed by atoms with Gasteiger partial charge in [0.15, 0.2) is 9.84 Å². The lowest BCUT2D eigenvalue weighted by atomic mass is 9.83. The van der Waals surface area contributed by atoms with E-state index in [9.17, 15) is 18.6 Å². The summed E-state index contributed by atoms with van der Waals surface area (Å²) in [5.41, 5.74) is 2.04. The van der Waals surface area contributed by atoms with E-state index in [2.05, 4.69) is 26.7 Å². The Hall–Kier alpha value is -2.15. The molecule has 10 atom stereocenters. The number of hydrogen-bond acceptors (Lipinski definition) is 9. The number of sulfone groups is 1. The molecule has 0 amide bonds. The van der Waals surface area contributed by atoms with Gasteiger partial charge in [-0.1, -0.05) is 56.5 Å². The first-order valence-electron chi connectivity index (χ1n) is 16.3. The lowest BCUT2D eigenvalue weighted by molar-refractivity contribution is -0.0785. The zero-order valence-electron chi connectivity index (χ0n) is 27.2. The van der Waals surface area contributed by atoms with Gasteiger partial charge in [0.1, 0.15) is 0 Å². The highest BCUT2D eigenvalue weighted by molar-refractivity contribution is 7.91. The van der Waals surface area contributed by atoms with Gasteiger partial charge >= 0.3 is 0 Å². The van der Waals surface area contributed by atoms with Gasteiger partial charge in [-0.2, -0.15) is 0 Å². The fourth-order valence-electron chi connectivity index (χ4n) is 6.90. The van der Waals surface area contributed by atoms with Crippen molar-refractivity contribution in [3.8, 4) is 0 Å². The van der Waals surface area contributed by atoms with Crippen LogP contribution >= 0.6 is 0 Å². The molecule has 0 aliphatic carbocycles. The Morgan fingerprint density at radius 1 is 1.07 bits per heavy atom. The molecule has 2 N–H and O–H groups in total. The van der Waals surface area contributed by atoms with Crippen LogP contribution in [-0.4, -0.2) is 100 Å². The van der Waals surface area contributed by atoms with Gasteiger partial charge in [0.2, 0.25) is 0 Å². The van der Waals surface area contributed by atoms with Crippen molar-refractivity contribution in [1.82, 2.24) is 0 Å². The van der Waals surface area contributed by atoms with Crippen molar-refractivity contribution in [3.63, 3.8) is 0 Å². The summed E-state index contributed by atoms with van der Waals surface area (Å²) in [6, 6.07) is 8.37. The van der Waals surface area contributed by atoms with Crippen molar-refractivity contribution in [1.29, 1.82) is 0 Å². The van der Waals surface area contributed by atoms with Gasteiger partial charge < -0.3 is 33.9 Å². The molecule has 9 nitrogen and oxygen atoms in total. The van der Waals surface area contributed by atoms with Gasteiger partial charge in [0.05, 0.1) is 79.3 Å². The number of rotatable bonds is 17. The average Bonchev–Trinajstić information content (AvgIpc) is 3.55. The Kier molecular flexibility index (Phi) is 13.8. The standard InChI is InChI=1S/C36H52O9S/c1-6-16-42-17-10-11-28-19-25(3)32(43-28)15-14-29-18-24(2)26(4)33(44-29)21-34-31(23-46(39,40)30-12-8-7-9-13-30)36(41-5)35(45-34)20-27(38)22-37/h6-13,24,27-29,31-38H,1,3-4,14-23H2,2,5H3/b11-10+/t24-,27+,28?,29?,31?,32?,33?,34?,35?,36-/m1/s1. The van der Waals surface area contributed by atoms with Crippen LogP contribution in [0.15, 0.2) is 84.3 Å². The molecule has 3 aliphatic heterocycles. The van der Waals surface area contributed by atoms with Crippen molar-refractivity contribution in [3.05, 3.63) is 79.4 Å². The second-order valence-corrected chi connectivity index (χ2v) is 14.8. The number of benzene rings is 1. The molecule has 3 saturated heterocycles. The minimum absolute atomic E-state index is 0.0156. The largest absolute Gasteiger partial charge is 0.394 e. The van der Waals surface area contributed by atoms with Gasteiger partial charge in [-0.3, -0.25) is 0 Å². The van der Waals surface area contributed by atoms with Crippen LogP contribution in [0.4, 0.5) is 0 Å². The van der Waals surface area contributed by atoms with E-state index in [1.54, 1.807) is 36.4 Å². The molecule has 4 rings (SSSR count). The molecule has 3 aliphatic rings. The predicted molar refractivity (Wildman–Crippen MR) is 177 cm³/mol. The third-order valence-corrected chi connectivity index (χ3v) is 11.2. The number of aliphatic hydroxyl groups is 2. The van der Waals surface area contributed by atoms with Crippen LogP contribution in [0.1, 0.15) is 45.4 Å². The van der Waals surface area contributed by atoms with Crippen LogP contribution in [0.3, 0.4) is 0 Å². The minimum atomic E-state index is -3.66. The Balaban J connectivity index is 1.42. The molecular formula is C36H52O9S. The molecule has 0 radical (unpaired) electrons. The van der Waals surface area contributed by atoms with Crippen LogP contribution in [0.5, 0.6) is 0 Å². The topological polar surface area (TPSA) is 121 Å². The quantitative estimate of drug-likeness (QED) is 0.183. The van der Waals surface area contributed by atoms with Crippen LogP contribution in [0.2, 0.25) is 0 Å². The van der Waals surface area contributed by atoms with E-state index >= 15 is 0 Å². The summed E-state index contributed by atoms with van der Waals surface area (Å²) < 4.78 is 57.6. The lowest BCUT2D eigenvalue weighted by Crippen LogP contribution is -2.40. The molecule has 0 bridgehead atoms. The van der Waals surface area contributed by atoms with E-state index in [-0.39, 0.29) is 47.4 Å². The second-order valence-electron chi connectivity index (χ2n) is 12.8. The molecule has 3 fully saturated rings. The first-order chi connectivity index (χ1) is 22.1. The summed E-state index contributed by atoms with van der Waals surface area (Å²) >= 11 is 0. The summed E-state index contributed by atoms with van der Waals surface area (Å²) in [5, 5.41) is 19.7. The molecule has 3 heterocycles. The van der Waals surface area contributed by atoms with Crippen molar-refractivity contribution in [2.24, 2.45) is 11.8 Å². The summed E-state index contributed by atoms with van der Waals surface area (Å²) in [6.07, 6.45) is 6.34. The summed E-state index contributed by atoms with van der Waals surface area (Å²) in [5.74, 6) is -0.484. The van der Waals surface area contributed by atoms with Crippen molar-refractivity contribution >= 4 is 9.84 Å². The van der Waals surface area contributed by atoms with E-state index in [4.69, 9.17) is 23.7 Å². The third-order valence-electron chi connectivity index (χ3n) is 9.39. The SMILES string of the molecule is C=CCOC/C=C/C1CC(=C)C(CCC2C[C@@H](C)C(=C)C(CC3OC(C[C@H](O)CO)[C@H](OC)C3CS(=O)(=O)c3ccccc3)O2)O1. The maximum atomic E-state index is 13.5. The van der Waals surface area contributed by atoms with E-state index in [0.29, 0.717) is 19.6 Å². The molecule has 0 spiro atoms. The predicted octanol–water partition coefficient (Wildman–Crippen LogP) is 4.59. The van der Waals surface area contributed by atoms with Crippen LogP contribution in [-0.2, 0) is 33.5 Å². The monoisotopic (exact) mass is 660 g/mol. The number of ether oxygens (including phenoxy) is 5. The molecule has 1 aromatic carbocycles. The first-order valence-corrected chi connectivity index (χ1v) is 18.0. The zero-order chi connectivity index (χ0) is 33.3. The van der Waals surface area contributed by atoms with E-state index in [1.165, 1.54) is 7.11 Å². The zero-order valence-corrected chi connectivity index (χ0v) is 28.1. The Labute approximate surface area is 274 Å². The number of hydrogen-bond donors (Lipinski definition) is 2. The molecule has 0 saturated carbocycles. The molecule has 0 aromatic heterocycles. The third kappa shape index (κ3) is 9.70. The molecule has 1 aromatic rings. The van der Waals surface area contributed by atoms with Crippen LogP contribution in [0, 0.1) is 11.8 Å². The average molecular weight is 661 g/mol. The van der Waals surface area contributed by atoms with Crippen molar-refractivity contribution in [2.75, 3.05) is 32.7 Å². The Morgan fingerprint density at radius 3 is 2.52 bits per heavy atom. The highest BCUT2D eigenvalue weighted by Crippen LogP contribution is 2.41. The molecule has 256 valence electrons. The van der Waals surface area contributed by atoms with Gasteiger partial charge in [-0.15, -0.1) is 6.58 Å². The van der Waals surface area contributed by atoms with Gasteiger partial charge in [-0.25, -0.2) is 8.42 Å². The summed E-state index contributed by atoms with van der Waals surface area (Å²) in [7, 11) is -2.14. The van der Waals surface area contributed by atoms with Crippen molar-refractivity contribution < 1.29 is 42.3 Å². The Bertz CT molecular complexity index is 1280.